The van der Waals surface area contributed by atoms with Crippen LogP contribution in [-0.2, 0) is 20.5 Å². The predicted molar refractivity (Wildman–Crippen MR) is 98.8 cm³/mol. The Kier molecular flexibility index (Phi) is 3.77. The molecule has 3 heterocycles. The average molecular weight is 355 g/mol. The number of nitrogens with zero attached hydrogens (tertiary/aromatic N) is 2. The number of para-hydroxylation sites is 1. The van der Waals surface area contributed by atoms with Crippen LogP contribution < -0.4 is 16.1 Å². The van der Waals surface area contributed by atoms with E-state index in [1.807, 2.05) is 18.2 Å². The van der Waals surface area contributed by atoms with Crippen LogP contribution in [-0.4, -0.2) is 32.3 Å². The van der Waals surface area contributed by atoms with Crippen LogP contribution in [0.15, 0.2) is 33.9 Å². The van der Waals surface area contributed by atoms with Crippen LogP contribution in [0.2, 0.25) is 0 Å². The molecule has 26 heavy (non-hydrogen) atoms. The van der Waals surface area contributed by atoms with Crippen molar-refractivity contribution in [2.75, 3.05) is 13.1 Å². The molecule has 3 N–H and O–H groups in total. The number of hydrogen-bond acceptors (Lipinski definition) is 3. The molecule has 1 aromatic carbocycles. The van der Waals surface area contributed by atoms with Gasteiger partial charge in [-0.25, -0.2) is 4.79 Å². The van der Waals surface area contributed by atoms with Gasteiger partial charge in [0, 0.05) is 31.4 Å². The van der Waals surface area contributed by atoms with Crippen LogP contribution in [0.4, 0.5) is 0 Å². The zero-order valence-electron chi connectivity index (χ0n) is 15.2. The number of benzene rings is 1. The molecule has 2 aromatic heterocycles. The number of fused-ring (bicyclic) bond motifs is 3. The summed E-state index contributed by atoms with van der Waals surface area (Å²) in [5, 5.41) is 11.8. The highest BCUT2D eigenvalue weighted by Crippen LogP contribution is 2.32. The summed E-state index contributed by atoms with van der Waals surface area (Å²) in [7, 11) is 2.94. The molecule has 0 radical (unpaired) electrons. The van der Waals surface area contributed by atoms with Gasteiger partial charge in [-0.2, -0.15) is 0 Å². The highest BCUT2D eigenvalue weighted by molar-refractivity contribution is 5.85. The third-order valence-corrected chi connectivity index (χ3v) is 5.65. The SMILES string of the molecule is CC[NH+]1CCc2c([nH]c3ccccc23)[C@@H]1c1c(O)n(C)c(=O)n(C)c1=O. The van der Waals surface area contributed by atoms with Crippen LogP contribution in [0.25, 0.3) is 10.9 Å². The number of aromatic amines is 1. The molecule has 7 heteroatoms. The van der Waals surface area contributed by atoms with Gasteiger partial charge in [0.2, 0.25) is 5.88 Å². The Labute approximate surface area is 150 Å². The van der Waals surface area contributed by atoms with Crippen LogP contribution in [0.5, 0.6) is 5.88 Å². The monoisotopic (exact) mass is 355 g/mol. The van der Waals surface area contributed by atoms with Crippen molar-refractivity contribution in [3.63, 3.8) is 0 Å². The first-order valence-electron chi connectivity index (χ1n) is 8.88. The molecular formula is C19H23N4O3+. The normalized spacial score (nSPS) is 19.7. The summed E-state index contributed by atoms with van der Waals surface area (Å²) in [5.74, 6) is -0.249. The van der Waals surface area contributed by atoms with Crippen molar-refractivity contribution in [1.29, 1.82) is 0 Å². The summed E-state index contributed by atoms with van der Waals surface area (Å²) in [5.41, 5.74) is 2.49. The summed E-state index contributed by atoms with van der Waals surface area (Å²) in [6.45, 7) is 3.74. The molecule has 0 saturated carbocycles. The Morgan fingerprint density at radius 3 is 2.69 bits per heavy atom. The number of likely N-dealkylation sites (N-methyl/N-ethyl adjacent to an activating group) is 1. The van der Waals surface area contributed by atoms with Gasteiger partial charge < -0.3 is 15.0 Å². The van der Waals surface area contributed by atoms with Crippen molar-refractivity contribution in [1.82, 2.24) is 14.1 Å². The molecule has 1 unspecified atom stereocenters. The third-order valence-electron chi connectivity index (χ3n) is 5.65. The van der Waals surface area contributed by atoms with Gasteiger partial charge in [-0.15, -0.1) is 0 Å². The molecule has 7 nitrogen and oxygen atoms in total. The van der Waals surface area contributed by atoms with Crippen molar-refractivity contribution >= 4 is 10.9 Å². The third kappa shape index (κ3) is 2.17. The van der Waals surface area contributed by atoms with E-state index in [2.05, 4.69) is 18.0 Å². The van der Waals surface area contributed by atoms with Crippen molar-refractivity contribution in [2.45, 2.75) is 19.4 Å². The van der Waals surface area contributed by atoms with E-state index in [4.69, 9.17) is 0 Å². The molecule has 0 aliphatic carbocycles. The summed E-state index contributed by atoms with van der Waals surface area (Å²) in [4.78, 5) is 29.7. The van der Waals surface area contributed by atoms with Gasteiger partial charge in [0.15, 0.2) is 6.04 Å². The van der Waals surface area contributed by atoms with Gasteiger partial charge in [0.05, 0.1) is 18.8 Å². The second kappa shape index (κ2) is 5.88. The second-order valence-corrected chi connectivity index (χ2v) is 6.95. The lowest BCUT2D eigenvalue weighted by atomic mass is 9.93. The highest BCUT2D eigenvalue weighted by atomic mass is 16.3. The fourth-order valence-corrected chi connectivity index (χ4v) is 4.21. The Balaban J connectivity index is 2.06. The Hall–Kier alpha value is -2.80. The lowest BCUT2D eigenvalue weighted by molar-refractivity contribution is -0.926. The summed E-state index contributed by atoms with van der Waals surface area (Å²) in [6, 6.07) is 7.76. The molecule has 1 aliphatic heterocycles. The molecule has 3 aromatic rings. The molecule has 0 saturated heterocycles. The Morgan fingerprint density at radius 1 is 1.23 bits per heavy atom. The molecular weight excluding hydrogens is 332 g/mol. The average Bonchev–Trinajstić information content (AvgIpc) is 3.04. The molecule has 0 amide bonds. The van der Waals surface area contributed by atoms with E-state index in [0.717, 1.165) is 45.2 Å². The summed E-state index contributed by atoms with van der Waals surface area (Å²) in [6.07, 6.45) is 0.909. The molecule has 136 valence electrons. The zero-order valence-corrected chi connectivity index (χ0v) is 15.2. The van der Waals surface area contributed by atoms with Crippen molar-refractivity contribution in [3.8, 4) is 5.88 Å². The van der Waals surface area contributed by atoms with Gasteiger partial charge >= 0.3 is 5.69 Å². The second-order valence-electron chi connectivity index (χ2n) is 6.95. The van der Waals surface area contributed by atoms with Crippen molar-refractivity contribution < 1.29 is 10.0 Å². The number of H-pyrrole nitrogens is 1. The molecule has 1 aliphatic rings. The topological polar surface area (TPSA) is 84.5 Å². The minimum absolute atomic E-state index is 0.249. The van der Waals surface area contributed by atoms with E-state index in [-0.39, 0.29) is 17.5 Å². The van der Waals surface area contributed by atoms with E-state index in [1.54, 1.807) is 0 Å². The Bertz CT molecular complexity index is 1120. The first kappa shape index (κ1) is 16.7. The van der Waals surface area contributed by atoms with E-state index in [0.29, 0.717) is 0 Å². The van der Waals surface area contributed by atoms with Gasteiger partial charge in [0.1, 0.15) is 5.56 Å². The van der Waals surface area contributed by atoms with Gasteiger partial charge in [-0.1, -0.05) is 18.2 Å². The standard InChI is InChI=1S/C19H22N4O3/c1-4-23-10-9-12-11-7-5-6-8-13(11)20-15(12)16(23)14-17(24)21(2)19(26)22(3)18(14)25/h5-8,16,20,24H,4,9-10H2,1-3H3/p+1/t16-/m0/s1. The van der Waals surface area contributed by atoms with E-state index >= 15 is 0 Å². The number of aromatic nitrogens is 3. The summed E-state index contributed by atoms with van der Waals surface area (Å²) >= 11 is 0. The maximum absolute atomic E-state index is 12.9. The first-order valence-corrected chi connectivity index (χ1v) is 8.88. The number of hydrogen-bond donors (Lipinski definition) is 3. The molecule has 0 fully saturated rings. The zero-order chi connectivity index (χ0) is 18.6. The quantitative estimate of drug-likeness (QED) is 0.596. The molecule has 0 bridgehead atoms. The lowest BCUT2D eigenvalue weighted by Gasteiger charge is -2.32. The molecule has 2 atom stereocenters. The maximum Gasteiger partial charge on any atom is 0.333 e. The number of aromatic hydroxyl groups is 1. The number of quaternary nitrogens is 1. The van der Waals surface area contributed by atoms with Crippen LogP contribution in [0.1, 0.15) is 29.8 Å². The van der Waals surface area contributed by atoms with Gasteiger partial charge in [-0.05, 0) is 18.6 Å². The predicted octanol–water partition coefficient (Wildman–Crippen LogP) is -0.179. The van der Waals surface area contributed by atoms with Crippen LogP contribution in [0.3, 0.4) is 0 Å². The lowest BCUT2D eigenvalue weighted by Crippen LogP contribution is -3.13. The minimum Gasteiger partial charge on any atom is -0.494 e. The van der Waals surface area contributed by atoms with Gasteiger partial charge in [0.25, 0.3) is 5.56 Å². The first-order chi connectivity index (χ1) is 12.5. The fraction of sp³-hybridized carbons (Fsp3) is 0.368. The summed E-state index contributed by atoms with van der Waals surface area (Å²) < 4.78 is 2.21. The van der Waals surface area contributed by atoms with E-state index < -0.39 is 11.2 Å². The Morgan fingerprint density at radius 2 is 1.96 bits per heavy atom. The van der Waals surface area contributed by atoms with Crippen molar-refractivity contribution in [2.24, 2.45) is 14.1 Å². The number of nitrogens with one attached hydrogen (secondary N) is 2. The minimum atomic E-state index is -0.526. The maximum atomic E-state index is 12.9. The van der Waals surface area contributed by atoms with Crippen LogP contribution >= 0.6 is 0 Å². The largest absolute Gasteiger partial charge is 0.494 e. The number of rotatable bonds is 2. The molecule has 0 spiro atoms. The van der Waals surface area contributed by atoms with Crippen LogP contribution in [0, 0.1) is 0 Å². The highest BCUT2D eigenvalue weighted by Gasteiger charge is 2.39. The van der Waals surface area contributed by atoms with Gasteiger partial charge in [-0.3, -0.25) is 13.9 Å². The molecule has 4 rings (SSSR count). The van der Waals surface area contributed by atoms with E-state index in [9.17, 15) is 14.7 Å². The fourth-order valence-electron chi connectivity index (χ4n) is 4.21. The smallest absolute Gasteiger partial charge is 0.333 e. The van der Waals surface area contributed by atoms with E-state index in [1.165, 1.54) is 24.6 Å². The van der Waals surface area contributed by atoms with Crippen molar-refractivity contribution in [3.05, 3.63) is 61.9 Å².